The van der Waals surface area contributed by atoms with E-state index in [2.05, 4.69) is 39.3 Å². The molecule has 0 aliphatic carbocycles. The first-order chi connectivity index (χ1) is 20.2. The fourth-order valence-corrected chi connectivity index (χ4v) is 5.08. The average Bonchev–Trinajstić information content (AvgIpc) is 3.25. The number of hydrogen-bond acceptors (Lipinski definition) is 7. The number of nitrogens with one attached hydrogen (secondary N) is 2. The molecule has 0 bridgehead atoms. The maximum Gasteiger partial charge on any atom is 0.270 e. The molecular weight excluding hydrogens is 533 g/mol. The molecule has 0 atom stereocenters. The van der Waals surface area contributed by atoms with E-state index in [9.17, 15) is 9.18 Å². The highest BCUT2D eigenvalue weighted by Gasteiger charge is 2.30. The quantitative estimate of drug-likeness (QED) is 0.219. The molecule has 1 fully saturated rings. The molecule has 42 heavy (non-hydrogen) atoms. The minimum absolute atomic E-state index is 0. The minimum atomic E-state index is -0.517. The fraction of sp³-hybridized carbons (Fsp3) is 0.250. The average molecular weight is 568 g/mol. The van der Waals surface area contributed by atoms with Crippen LogP contribution in [0, 0.1) is 12.9 Å². The smallest absolute Gasteiger partial charge is 0.270 e. The van der Waals surface area contributed by atoms with Gasteiger partial charge in [0, 0.05) is 63.9 Å². The Morgan fingerprint density at radius 1 is 1.02 bits per heavy atom. The second-order valence-corrected chi connectivity index (χ2v) is 10.9. The number of pyridine rings is 2. The number of fused-ring (bicyclic) bond motifs is 1. The molecule has 10 heteroatoms. The van der Waals surface area contributed by atoms with Gasteiger partial charge in [-0.15, -0.1) is 0 Å². The number of halogens is 1. The Morgan fingerprint density at radius 2 is 1.81 bits per heavy atom. The predicted octanol–water partition coefficient (Wildman–Crippen LogP) is 6.08. The maximum absolute atomic E-state index is 13.8. The van der Waals surface area contributed by atoms with Gasteiger partial charge in [-0.25, -0.2) is 9.97 Å². The van der Waals surface area contributed by atoms with Crippen LogP contribution in [0.4, 0.5) is 16.0 Å². The summed E-state index contributed by atoms with van der Waals surface area (Å²) in [5.74, 6) is 1.03. The number of rotatable bonds is 8. The highest BCUT2D eigenvalue weighted by molar-refractivity contribution is 5.93. The van der Waals surface area contributed by atoms with Crippen LogP contribution in [0.5, 0.6) is 11.5 Å². The summed E-state index contributed by atoms with van der Waals surface area (Å²) in [7, 11) is 1.93. The van der Waals surface area contributed by atoms with Gasteiger partial charge in [0.15, 0.2) is 0 Å². The lowest BCUT2D eigenvalue weighted by molar-refractivity contribution is 0.0710. The summed E-state index contributed by atoms with van der Waals surface area (Å²) >= 11 is 0. The summed E-state index contributed by atoms with van der Waals surface area (Å²) in [6.45, 7) is 7.97. The Labute approximate surface area is 244 Å². The Kier molecular flexibility index (Phi) is 7.30. The van der Waals surface area contributed by atoms with Gasteiger partial charge >= 0.3 is 0 Å². The van der Waals surface area contributed by atoms with Crippen molar-refractivity contribution in [3.05, 3.63) is 90.3 Å². The van der Waals surface area contributed by atoms with E-state index >= 15 is 0 Å². The minimum Gasteiger partial charge on any atom is -0.457 e. The van der Waals surface area contributed by atoms with E-state index in [4.69, 9.17) is 9.72 Å². The van der Waals surface area contributed by atoms with Gasteiger partial charge in [-0.2, -0.15) is 4.39 Å². The SMILES string of the molecule is Cc1ccc(Nc2nc3cc(Oc4ccnc(C(=O)NC5CN(C(C)C)C5)c4)ccc3n2C)cc1-c1ccnc(F)c1.[HH]. The van der Waals surface area contributed by atoms with Crippen molar-refractivity contribution < 1.29 is 15.3 Å². The molecule has 0 radical (unpaired) electrons. The Bertz CT molecular complexity index is 1790. The first kappa shape index (κ1) is 27.3. The topological polar surface area (TPSA) is 97.2 Å². The highest BCUT2D eigenvalue weighted by Crippen LogP contribution is 2.31. The molecule has 1 aliphatic heterocycles. The number of hydrogen-bond donors (Lipinski definition) is 2. The molecule has 216 valence electrons. The normalized spacial score (nSPS) is 13.8. The van der Waals surface area contributed by atoms with Crippen LogP contribution in [0.2, 0.25) is 0 Å². The molecule has 1 aliphatic rings. The zero-order chi connectivity index (χ0) is 29.4. The van der Waals surface area contributed by atoms with Gasteiger partial charge in [-0.3, -0.25) is 14.7 Å². The monoisotopic (exact) mass is 567 g/mol. The Hall–Kier alpha value is -4.83. The first-order valence-electron chi connectivity index (χ1n) is 13.9. The summed E-state index contributed by atoms with van der Waals surface area (Å²) in [5, 5.41) is 6.42. The summed E-state index contributed by atoms with van der Waals surface area (Å²) in [6.07, 6.45) is 3.04. The van der Waals surface area contributed by atoms with E-state index in [1.54, 1.807) is 24.4 Å². The van der Waals surface area contributed by atoms with Crippen molar-refractivity contribution in [2.24, 2.45) is 7.05 Å². The van der Waals surface area contributed by atoms with Crippen molar-refractivity contribution in [2.75, 3.05) is 18.4 Å². The van der Waals surface area contributed by atoms with Crippen LogP contribution < -0.4 is 15.4 Å². The second kappa shape index (κ2) is 11.2. The summed E-state index contributed by atoms with van der Waals surface area (Å²) in [5.41, 5.74) is 5.48. The molecule has 2 aromatic carbocycles. The number of imidazole rings is 1. The second-order valence-electron chi connectivity index (χ2n) is 10.9. The Morgan fingerprint density at radius 3 is 2.60 bits per heavy atom. The standard InChI is InChI=1S/C32H32FN7O2.H2/c1-19(2)40-17-23(18-40)36-31(41)28-16-25(10-12-34-28)42-24-7-8-29-27(15-24)38-32(39(29)4)37-22-6-5-20(3)26(14-22)21-9-11-35-30(33)13-21;/h5-16,19,23H,17-18H2,1-4H3,(H,36,41)(H,37,38);1H. The molecule has 3 aromatic heterocycles. The summed E-state index contributed by atoms with van der Waals surface area (Å²) in [6, 6.07) is 18.8. The van der Waals surface area contributed by atoms with Crippen LogP contribution >= 0.6 is 0 Å². The number of nitrogens with zero attached hydrogens (tertiary/aromatic N) is 5. The van der Waals surface area contributed by atoms with Gasteiger partial charge in [0.25, 0.3) is 5.91 Å². The number of carbonyl (C=O) groups excluding carboxylic acids is 1. The molecule has 1 amide bonds. The number of aryl methyl sites for hydroxylation is 2. The summed E-state index contributed by atoms with van der Waals surface area (Å²) in [4.78, 5) is 27.7. The van der Waals surface area contributed by atoms with E-state index < -0.39 is 5.95 Å². The van der Waals surface area contributed by atoms with Crippen LogP contribution in [-0.2, 0) is 7.05 Å². The van der Waals surface area contributed by atoms with Crippen molar-refractivity contribution in [3.8, 4) is 22.6 Å². The molecule has 0 spiro atoms. The molecule has 0 unspecified atom stereocenters. The lowest BCUT2D eigenvalue weighted by atomic mass is 10.0. The van der Waals surface area contributed by atoms with Crippen LogP contribution in [0.25, 0.3) is 22.2 Å². The highest BCUT2D eigenvalue weighted by atomic mass is 19.1. The van der Waals surface area contributed by atoms with Crippen molar-refractivity contribution in [3.63, 3.8) is 0 Å². The predicted molar refractivity (Wildman–Crippen MR) is 163 cm³/mol. The molecule has 4 heterocycles. The number of amides is 1. The van der Waals surface area contributed by atoms with E-state index in [1.807, 2.05) is 54.9 Å². The van der Waals surface area contributed by atoms with Crippen molar-refractivity contribution in [2.45, 2.75) is 32.9 Å². The largest absolute Gasteiger partial charge is 0.457 e. The molecule has 1 saturated heterocycles. The third kappa shape index (κ3) is 5.66. The third-order valence-electron chi connectivity index (χ3n) is 7.56. The van der Waals surface area contributed by atoms with Gasteiger partial charge in [0.05, 0.1) is 17.1 Å². The van der Waals surface area contributed by atoms with Gasteiger partial charge in [-0.05, 0) is 73.9 Å². The third-order valence-corrected chi connectivity index (χ3v) is 7.56. The van der Waals surface area contributed by atoms with Crippen LogP contribution in [-0.4, -0.2) is 55.5 Å². The molecule has 6 rings (SSSR count). The van der Waals surface area contributed by atoms with Crippen LogP contribution in [0.15, 0.2) is 73.1 Å². The summed E-state index contributed by atoms with van der Waals surface area (Å²) < 4.78 is 21.8. The maximum atomic E-state index is 13.8. The molecule has 0 saturated carbocycles. The number of carbonyl (C=O) groups is 1. The number of anilines is 2. The van der Waals surface area contributed by atoms with Gasteiger partial charge in [0.2, 0.25) is 11.9 Å². The molecular formula is C32H34FN7O2. The number of likely N-dealkylation sites (tertiary alicyclic amines) is 1. The van der Waals surface area contributed by atoms with Crippen molar-refractivity contribution in [1.82, 2.24) is 29.7 Å². The fourth-order valence-electron chi connectivity index (χ4n) is 5.08. The molecule has 9 nitrogen and oxygen atoms in total. The zero-order valence-electron chi connectivity index (χ0n) is 23.9. The van der Waals surface area contributed by atoms with E-state index in [0.717, 1.165) is 46.5 Å². The first-order valence-corrected chi connectivity index (χ1v) is 13.9. The zero-order valence-corrected chi connectivity index (χ0v) is 23.9. The van der Waals surface area contributed by atoms with E-state index in [-0.39, 0.29) is 13.4 Å². The van der Waals surface area contributed by atoms with Gasteiger partial charge in [0.1, 0.15) is 17.2 Å². The Balaban J connectivity index is 0.00000368. The van der Waals surface area contributed by atoms with Crippen molar-refractivity contribution >= 4 is 28.6 Å². The van der Waals surface area contributed by atoms with E-state index in [1.165, 1.54) is 12.3 Å². The van der Waals surface area contributed by atoms with Crippen LogP contribution in [0.1, 0.15) is 31.3 Å². The van der Waals surface area contributed by atoms with Crippen molar-refractivity contribution in [1.29, 1.82) is 0 Å². The molecule has 5 aromatic rings. The number of ether oxygens (including phenoxy) is 1. The van der Waals surface area contributed by atoms with E-state index in [0.29, 0.717) is 29.2 Å². The lowest BCUT2D eigenvalue weighted by Gasteiger charge is -2.42. The number of benzene rings is 2. The number of aromatic nitrogens is 4. The van der Waals surface area contributed by atoms with Crippen LogP contribution in [0.3, 0.4) is 0 Å². The van der Waals surface area contributed by atoms with Gasteiger partial charge < -0.3 is 19.9 Å². The lowest BCUT2D eigenvalue weighted by Crippen LogP contribution is -2.61. The molecule has 2 N–H and O–H groups in total. The van der Waals surface area contributed by atoms with Gasteiger partial charge in [-0.1, -0.05) is 6.07 Å².